The van der Waals surface area contributed by atoms with Gasteiger partial charge < -0.3 is 14.7 Å². The van der Waals surface area contributed by atoms with Crippen LogP contribution in [0.3, 0.4) is 0 Å². The Bertz CT molecular complexity index is 618. The van der Waals surface area contributed by atoms with Crippen molar-refractivity contribution in [3.8, 4) is 5.75 Å². The Labute approximate surface area is 160 Å². The summed E-state index contributed by atoms with van der Waals surface area (Å²) in [6, 6.07) is 8.13. The Morgan fingerprint density at radius 3 is 2.50 bits per heavy atom. The SMILES string of the molecule is COc1ccc(CN(C(=O)CN2CCCC(C(=O)O)C2)C2CC2)cc1.Cl. The van der Waals surface area contributed by atoms with Crippen LogP contribution in [-0.4, -0.2) is 59.6 Å². The maximum atomic E-state index is 12.8. The number of nitrogens with zero attached hydrogens (tertiary/aromatic N) is 2. The van der Waals surface area contributed by atoms with Crippen LogP contribution < -0.4 is 4.74 Å². The van der Waals surface area contributed by atoms with Gasteiger partial charge in [-0.05, 0) is 49.9 Å². The zero-order chi connectivity index (χ0) is 17.8. The number of piperidine rings is 1. The van der Waals surface area contributed by atoms with Crippen molar-refractivity contribution in [3.63, 3.8) is 0 Å². The molecule has 1 saturated heterocycles. The van der Waals surface area contributed by atoms with Crippen LogP contribution in [0.15, 0.2) is 24.3 Å². The average Bonchev–Trinajstić information content (AvgIpc) is 3.45. The fourth-order valence-electron chi connectivity index (χ4n) is 3.42. The molecular weight excluding hydrogens is 356 g/mol. The minimum atomic E-state index is -0.755. The van der Waals surface area contributed by atoms with Crippen LogP contribution in [0.25, 0.3) is 0 Å². The fourth-order valence-corrected chi connectivity index (χ4v) is 3.42. The van der Waals surface area contributed by atoms with Gasteiger partial charge in [-0.25, -0.2) is 0 Å². The van der Waals surface area contributed by atoms with Gasteiger partial charge in [-0.1, -0.05) is 12.1 Å². The van der Waals surface area contributed by atoms with Gasteiger partial charge in [0.1, 0.15) is 5.75 Å². The molecule has 6 nitrogen and oxygen atoms in total. The third-order valence-corrected chi connectivity index (χ3v) is 5.03. The third kappa shape index (κ3) is 5.35. The smallest absolute Gasteiger partial charge is 0.307 e. The number of ether oxygens (including phenoxy) is 1. The quantitative estimate of drug-likeness (QED) is 0.784. The number of rotatable bonds is 7. The number of carbonyl (C=O) groups excluding carboxylic acids is 1. The van der Waals surface area contributed by atoms with Gasteiger partial charge >= 0.3 is 5.97 Å². The van der Waals surface area contributed by atoms with E-state index in [0.717, 1.165) is 37.1 Å². The number of carboxylic acids is 1. The summed E-state index contributed by atoms with van der Waals surface area (Å²) in [5.74, 6) is -0.197. The first kappa shape index (κ1) is 20.5. The molecule has 0 spiro atoms. The maximum absolute atomic E-state index is 12.8. The topological polar surface area (TPSA) is 70.1 Å². The van der Waals surface area contributed by atoms with Gasteiger partial charge in [0.25, 0.3) is 0 Å². The number of likely N-dealkylation sites (tertiary alicyclic amines) is 1. The van der Waals surface area contributed by atoms with E-state index in [9.17, 15) is 14.7 Å². The number of aliphatic carboxylic acids is 1. The fraction of sp³-hybridized carbons (Fsp3) is 0.579. The van der Waals surface area contributed by atoms with E-state index in [1.165, 1.54) is 0 Å². The standard InChI is InChI=1S/C19H26N2O4.ClH/c1-25-17-8-4-14(5-9-17)11-21(16-6-7-16)18(22)13-20-10-2-3-15(12-20)19(23)24;/h4-5,8-9,15-16H,2-3,6-7,10-13H2,1H3,(H,23,24);1H. The normalized spacial score (nSPS) is 20.1. The van der Waals surface area contributed by atoms with Crippen molar-refractivity contribution >= 4 is 24.3 Å². The van der Waals surface area contributed by atoms with Crippen LogP contribution in [0, 0.1) is 5.92 Å². The van der Waals surface area contributed by atoms with Crippen molar-refractivity contribution in [2.75, 3.05) is 26.7 Å². The molecule has 1 heterocycles. The Hall–Kier alpha value is -1.79. The van der Waals surface area contributed by atoms with Crippen molar-refractivity contribution in [3.05, 3.63) is 29.8 Å². The molecule has 1 atom stereocenters. The molecule has 1 aromatic carbocycles. The van der Waals surface area contributed by atoms with E-state index < -0.39 is 5.97 Å². The van der Waals surface area contributed by atoms with E-state index >= 15 is 0 Å². The van der Waals surface area contributed by atoms with Gasteiger partial charge in [0.15, 0.2) is 0 Å². The number of hydrogen-bond donors (Lipinski definition) is 1. The Morgan fingerprint density at radius 2 is 1.92 bits per heavy atom. The molecule has 1 aromatic rings. The van der Waals surface area contributed by atoms with Gasteiger partial charge in [-0.2, -0.15) is 0 Å². The summed E-state index contributed by atoms with van der Waals surface area (Å²) in [4.78, 5) is 28.0. The number of halogens is 1. The average molecular weight is 383 g/mol. The molecule has 1 amide bonds. The molecule has 2 fully saturated rings. The van der Waals surface area contributed by atoms with Crippen molar-refractivity contribution in [2.45, 2.75) is 38.3 Å². The minimum absolute atomic E-state index is 0. The van der Waals surface area contributed by atoms with E-state index in [4.69, 9.17) is 4.74 Å². The predicted octanol–water partition coefficient (Wildman–Crippen LogP) is 2.40. The molecule has 1 saturated carbocycles. The summed E-state index contributed by atoms with van der Waals surface area (Å²) in [6.45, 7) is 2.19. The second-order valence-corrected chi connectivity index (χ2v) is 7.01. The van der Waals surface area contributed by atoms with Crippen LogP contribution in [0.2, 0.25) is 0 Å². The molecule has 7 heteroatoms. The number of amides is 1. The molecule has 144 valence electrons. The molecule has 1 aliphatic carbocycles. The first-order valence-corrected chi connectivity index (χ1v) is 8.94. The molecule has 0 bridgehead atoms. The molecule has 2 aliphatic rings. The lowest BCUT2D eigenvalue weighted by Crippen LogP contribution is -2.46. The number of benzene rings is 1. The van der Waals surface area contributed by atoms with Gasteiger partial charge in [-0.3, -0.25) is 14.5 Å². The van der Waals surface area contributed by atoms with Crippen LogP contribution in [-0.2, 0) is 16.1 Å². The lowest BCUT2D eigenvalue weighted by molar-refractivity contribution is -0.145. The molecular formula is C19H27ClN2O4. The highest BCUT2D eigenvalue weighted by atomic mass is 35.5. The van der Waals surface area contributed by atoms with Crippen molar-refractivity contribution in [1.82, 2.24) is 9.80 Å². The third-order valence-electron chi connectivity index (χ3n) is 5.03. The highest BCUT2D eigenvalue weighted by molar-refractivity contribution is 5.85. The highest BCUT2D eigenvalue weighted by Crippen LogP contribution is 2.29. The van der Waals surface area contributed by atoms with E-state index in [2.05, 4.69) is 0 Å². The van der Waals surface area contributed by atoms with Crippen LogP contribution in [0.1, 0.15) is 31.2 Å². The van der Waals surface area contributed by atoms with Crippen LogP contribution in [0.4, 0.5) is 0 Å². The zero-order valence-corrected chi connectivity index (χ0v) is 15.9. The van der Waals surface area contributed by atoms with E-state index in [-0.39, 0.29) is 24.2 Å². The lowest BCUT2D eigenvalue weighted by Gasteiger charge is -2.32. The molecule has 0 aromatic heterocycles. The van der Waals surface area contributed by atoms with E-state index in [0.29, 0.717) is 32.1 Å². The first-order valence-electron chi connectivity index (χ1n) is 8.94. The summed E-state index contributed by atoms with van der Waals surface area (Å²) in [5, 5.41) is 9.20. The first-order chi connectivity index (χ1) is 12.1. The van der Waals surface area contributed by atoms with Gasteiger partial charge in [0.2, 0.25) is 5.91 Å². The minimum Gasteiger partial charge on any atom is -0.497 e. The summed E-state index contributed by atoms with van der Waals surface area (Å²) in [5.41, 5.74) is 1.09. The van der Waals surface area contributed by atoms with Crippen molar-refractivity contribution in [2.24, 2.45) is 5.92 Å². The molecule has 0 radical (unpaired) electrons. The van der Waals surface area contributed by atoms with Crippen LogP contribution in [0.5, 0.6) is 5.75 Å². The Morgan fingerprint density at radius 1 is 1.23 bits per heavy atom. The monoisotopic (exact) mass is 382 g/mol. The van der Waals surface area contributed by atoms with Gasteiger partial charge in [0, 0.05) is 19.1 Å². The number of carboxylic acid groups (broad SMARTS) is 1. The lowest BCUT2D eigenvalue weighted by atomic mass is 9.98. The largest absolute Gasteiger partial charge is 0.497 e. The molecule has 1 N–H and O–H groups in total. The summed E-state index contributed by atoms with van der Waals surface area (Å²) in [7, 11) is 1.64. The van der Waals surface area contributed by atoms with E-state index in [1.54, 1.807) is 7.11 Å². The Balaban J connectivity index is 0.00000243. The summed E-state index contributed by atoms with van der Waals surface area (Å²) in [6.07, 6.45) is 3.66. The Kier molecular flexibility index (Phi) is 7.29. The van der Waals surface area contributed by atoms with Crippen molar-refractivity contribution < 1.29 is 19.4 Å². The number of carbonyl (C=O) groups is 2. The number of hydrogen-bond acceptors (Lipinski definition) is 4. The van der Waals surface area contributed by atoms with Crippen molar-refractivity contribution in [1.29, 1.82) is 0 Å². The molecule has 1 aliphatic heterocycles. The molecule has 1 unspecified atom stereocenters. The number of methoxy groups -OCH3 is 1. The maximum Gasteiger partial charge on any atom is 0.307 e. The molecule has 26 heavy (non-hydrogen) atoms. The van der Waals surface area contributed by atoms with Crippen LogP contribution >= 0.6 is 12.4 Å². The van der Waals surface area contributed by atoms with Gasteiger partial charge in [0.05, 0.1) is 19.6 Å². The predicted molar refractivity (Wildman–Crippen MR) is 101 cm³/mol. The molecule has 3 rings (SSSR count). The highest BCUT2D eigenvalue weighted by Gasteiger charge is 2.34. The summed E-state index contributed by atoms with van der Waals surface area (Å²) < 4.78 is 5.18. The second kappa shape index (κ2) is 9.24. The zero-order valence-electron chi connectivity index (χ0n) is 15.1. The summed E-state index contributed by atoms with van der Waals surface area (Å²) >= 11 is 0. The van der Waals surface area contributed by atoms with E-state index in [1.807, 2.05) is 34.1 Å². The van der Waals surface area contributed by atoms with Gasteiger partial charge in [-0.15, -0.1) is 12.4 Å². The second-order valence-electron chi connectivity index (χ2n) is 7.01.